The summed E-state index contributed by atoms with van der Waals surface area (Å²) in [6, 6.07) is 5.65. The number of nitrogens with two attached hydrogens (primary N) is 1. The number of aromatic nitrogens is 1. The molecule has 3 N–H and O–H groups in total. The van der Waals surface area contributed by atoms with Gasteiger partial charge in [-0.05, 0) is 18.6 Å². The summed E-state index contributed by atoms with van der Waals surface area (Å²) in [6.45, 7) is 2.47. The van der Waals surface area contributed by atoms with Gasteiger partial charge in [0.1, 0.15) is 5.82 Å². The molecular weight excluding hydrogens is 178 g/mol. The van der Waals surface area contributed by atoms with Crippen molar-refractivity contribution in [3.05, 3.63) is 23.9 Å². The number of rotatable bonds is 2. The van der Waals surface area contributed by atoms with Crippen molar-refractivity contribution in [1.82, 2.24) is 9.88 Å². The summed E-state index contributed by atoms with van der Waals surface area (Å²) >= 11 is 0. The Morgan fingerprint density at radius 2 is 2.43 bits per heavy atom. The largest absolute Gasteiger partial charge is 0.392 e. The monoisotopic (exact) mass is 193 g/mol. The van der Waals surface area contributed by atoms with E-state index in [0.29, 0.717) is 5.82 Å². The van der Waals surface area contributed by atoms with Gasteiger partial charge in [-0.3, -0.25) is 4.90 Å². The number of aliphatic hydroxyl groups is 1. The maximum absolute atomic E-state index is 9.35. The van der Waals surface area contributed by atoms with E-state index in [1.807, 2.05) is 12.1 Å². The Labute approximate surface area is 83.4 Å². The van der Waals surface area contributed by atoms with E-state index >= 15 is 0 Å². The highest BCUT2D eigenvalue weighted by molar-refractivity contribution is 5.28. The molecule has 0 amide bonds. The number of hydrogen-bond acceptors (Lipinski definition) is 4. The molecule has 76 valence electrons. The van der Waals surface area contributed by atoms with Crippen molar-refractivity contribution in [2.24, 2.45) is 0 Å². The molecule has 4 heteroatoms. The minimum Gasteiger partial charge on any atom is -0.392 e. The second-order valence-corrected chi connectivity index (χ2v) is 3.73. The second kappa shape index (κ2) is 3.94. The number of hydrogen-bond donors (Lipinski definition) is 2. The number of nitrogen functional groups attached to an aromatic ring is 1. The minimum atomic E-state index is -0.170. The third-order valence-corrected chi connectivity index (χ3v) is 2.46. The molecular formula is C10H15N3O. The predicted octanol–water partition coefficient (Wildman–Crippen LogP) is 0.230. The van der Waals surface area contributed by atoms with E-state index in [0.717, 1.165) is 31.7 Å². The van der Waals surface area contributed by atoms with Gasteiger partial charge in [-0.15, -0.1) is 0 Å². The average Bonchev–Trinajstić information content (AvgIpc) is 2.51. The summed E-state index contributed by atoms with van der Waals surface area (Å²) in [7, 11) is 0. The molecule has 1 aromatic heterocycles. The lowest BCUT2D eigenvalue weighted by Gasteiger charge is -2.13. The molecule has 0 radical (unpaired) electrons. The fourth-order valence-electron chi connectivity index (χ4n) is 1.77. The standard InChI is InChI=1S/C10H15N3O/c11-10-3-1-2-8(12-10)6-13-5-4-9(14)7-13/h1-3,9,14H,4-7H2,(H2,11,12)/t9-/m1/s1. The molecule has 1 saturated heterocycles. The average molecular weight is 193 g/mol. The van der Waals surface area contributed by atoms with Crippen LogP contribution in [-0.2, 0) is 6.54 Å². The van der Waals surface area contributed by atoms with Crippen LogP contribution in [-0.4, -0.2) is 34.2 Å². The summed E-state index contributed by atoms with van der Waals surface area (Å²) in [5.74, 6) is 0.558. The van der Waals surface area contributed by atoms with Gasteiger partial charge in [-0.2, -0.15) is 0 Å². The van der Waals surface area contributed by atoms with Crippen LogP contribution in [0.4, 0.5) is 5.82 Å². The zero-order valence-corrected chi connectivity index (χ0v) is 8.06. The van der Waals surface area contributed by atoms with Crippen molar-refractivity contribution >= 4 is 5.82 Å². The van der Waals surface area contributed by atoms with Crippen molar-refractivity contribution in [2.75, 3.05) is 18.8 Å². The van der Waals surface area contributed by atoms with E-state index in [1.165, 1.54) is 0 Å². The maximum atomic E-state index is 9.35. The van der Waals surface area contributed by atoms with E-state index in [-0.39, 0.29) is 6.10 Å². The van der Waals surface area contributed by atoms with Crippen LogP contribution in [0.1, 0.15) is 12.1 Å². The number of aliphatic hydroxyl groups excluding tert-OH is 1. The predicted molar refractivity (Wildman–Crippen MR) is 54.6 cm³/mol. The fourth-order valence-corrected chi connectivity index (χ4v) is 1.77. The first-order valence-electron chi connectivity index (χ1n) is 4.86. The van der Waals surface area contributed by atoms with E-state index < -0.39 is 0 Å². The van der Waals surface area contributed by atoms with E-state index in [1.54, 1.807) is 6.07 Å². The molecule has 1 aromatic rings. The third kappa shape index (κ3) is 2.21. The van der Waals surface area contributed by atoms with Gasteiger partial charge < -0.3 is 10.8 Å². The Morgan fingerprint density at radius 3 is 3.07 bits per heavy atom. The summed E-state index contributed by atoms with van der Waals surface area (Å²) in [5.41, 5.74) is 6.55. The first kappa shape index (κ1) is 9.43. The number of anilines is 1. The van der Waals surface area contributed by atoms with Crippen LogP contribution in [0, 0.1) is 0 Å². The summed E-state index contributed by atoms with van der Waals surface area (Å²) in [6.07, 6.45) is 0.693. The zero-order valence-electron chi connectivity index (χ0n) is 8.06. The molecule has 1 fully saturated rings. The van der Waals surface area contributed by atoms with Gasteiger partial charge in [-0.25, -0.2) is 4.98 Å². The normalized spacial score (nSPS) is 22.8. The lowest BCUT2D eigenvalue weighted by atomic mass is 10.3. The molecule has 1 aliphatic rings. The zero-order chi connectivity index (χ0) is 9.97. The molecule has 2 rings (SSSR count). The van der Waals surface area contributed by atoms with Gasteiger partial charge >= 0.3 is 0 Å². The maximum Gasteiger partial charge on any atom is 0.123 e. The molecule has 0 spiro atoms. The SMILES string of the molecule is Nc1cccc(CN2CC[C@@H](O)C2)n1. The fraction of sp³-hybridized carbons (Fsp3) is 0.500. The smallest absolute Gasteiger partial charge is 0.123 e. The van der Waals surface area contributed by atoms with Crippen molar-refractivity contribution in [3.63, 3.8) is 0 Å². The Balaban J connectivity index is 1.97. The number of pyridine rings is 1. The van der Waals surface area contributed by atoms with Crippen LogP contribution in [0.5, 0.6) is 0 Å². The van der Waals surface area contributed by atoms with Gasteiger partial charge in [-0.1, -0.05) is 6.07 Å². The second-order valence-electron chi connectivity index (χ2n) is 3.73. The van der Waals surface area contributed by atoms with Gasteiger partial charge in [0.05, 0.1) is 11.8 Å². The Kier molecular flexibility index (Phi) is 2.65. The molecule has 4 nitrogen and oxygen atoms in total. The lowest BCUT2D eigenvalue weighted by molar-refractivity contribution is 0.174. The number of nitrogens with zero attached hydrogens (tertiary/aromatic N) is 2. The highest BCUT2D eigenvalue weighted by Gasteiger charge is 2.20. The van der Waals surface area contributed by atoms with E-state index in [9.17, 15) is 5.11 Å². The summed E-state index contributed by atoms with van der Waals surface area (Å²) in [4.78, 5) is 6.40. The first-order chi connectivity index (χ1) is 6.74. The van der Waals surface area contributed by atoms with Gasteiger partial charge in [0.2, 0.25) is 0 Å². The topological polar surface area (TPSA) is 62.4 Å². The van der Waals surface area contributed by atoms with Crippen LogP contribution >= 0.6 is 0 Å². The number of β-amino-alcohol motifs (C(OH)–C–C–N with tert-alkyl or cyclic N) is 1. The van der Waals surface area contributed by atoms with Crippen molar-refractivity contribution in [1.29, 1.82) is 0 Å². The van der Waals surface area contributed by atoms with Crippen molar-refractivity contribution in [2.45, 2.75) is 19.1 Å². The molecule has 0 aliphatic carbocycles. The summed E-state index contributed by atoms with van der Waals surface area (Å²) < 4.78 is 0. The molecule has 14 heavy (non-hydrogen) atoms. The van der Waals surface area contributed by atoms with Crippen LogP contribution in [0.3, 0.4) is 0 Å². The molecule has 1 aliphatic heterocycles. The quantitative estimate of drug-likeness (QED) is 0.706. The minimum absolute atomic E-state index is 0.170. The Bertz CT molecular complexity index is 316. The molecule has 0 aromatic carbocycles. The van der Waals surface area contributed by atoms with Gasteiger partial charge in [0.25, 0.3) is 0 Å². The highest BCUT2D eigenvalue weighted by Crippen LogP contribution is 2.12. The van der Waals surface area contributed by atoms with E-state index in [4.69, 9.17) is 5.73 Å². The number of likely N-dealkylation sites (tertiary alicyclic amines) is 1. The van der Waals surface area contributed by atoms with Crippen molar-refractivity contribution < 1.29 is 5.11 Å². The van der Waals surface area contributed by atoms with Crippen LogP contribution < -0.4 is 5.73 Å². The Morgan fingerprint density at radius 1 is 1.57 bits per heavy atom. The lowest BCUT2D eigenvalue weighted by Crippen LogP contribution is -2.22. The molecule has 0 saturated carbocycles. The van der Waals surface area contributed by atoms with Crippen LogP contribution in [0.25, 0.3) is 0 Å². The Hall–Kier alpha value is -1.13. The summed E-state index contributed by atoms with van der Waals surface area (Å²) in [5, 5.41) is 9.35. The molecule has 0 unspecified atom stereocenters. The van der Waals surface area contributed by atoms with Crippen LogP contribution in [0.2, 0.25) is 0 Å². The first-order valence-corrected chi connectivity index (χ1v) is 4.86. The van der Waals surface area contributed by atoms with Crippen molar-refractivity contribution in [3.8, 4) is 0 Å². The molecule has 1 atom stereocenters. The highest BCUT2D eigenvalue weighted by atomic mass is 16.3. The van der Waals surface area contributed by atoms with Gasteiger partial charge in [0.15, 0.2) is 0 Å². The molecule has 0 bridgehead atoms. The third-order valence-electron chi connectivity index (χ3n) is 2.46. The molecule has 2 heterocycles. The van der Waals surface area contributed by atoms with Gasteiger partial charge in [0, 0.05) is 19.6 Å². The van der Waals surface area contributed by atoms with Crippen LogP contribution in [0.15, 0.2) is 18.2 Å². The van der Waals surface area contributed by atoms with E-state index in [2.05, 4.69) is 9.88 Å².